The zero-order chi connectivity index (χ0) is 16.9. The molecule has 0 fully saturated rings. The molecule has 0 amide bonds. The Kier molecular flexibility index (Phi) is 4.70. The van der Waals surface area contributed by atoms with Crippen LogP contribution in [0.4, 0.5) is 0 Å². The third kappa shape index (κ3) is 3.51. The van der Waals surface area contributed by atoms with Crippen LogP contribution < -0.4 is 4.74 Å². The maximum Gasteiger partial charge on any atom is 0.258 e. The van der Waals surface area contributed by atoms with Crippen LogP contribution in [0.3, 0.4) is 0 Å². The molecule has 0 N–H and O–H groups in total. The van der Waals surface area contributed by atoms with Crippen LogP contribution in [0.2, 0.25) is 0 Å². The molecule has 0 aliphatic carbocycles. The third-order valence-electron chi connectivity index (χ3n) is 3.74. The third-order valence-corrected chi connectivity index (χ3v) is 3.74. The summed E-state index contributed by atoms with van der Waals surface area (Å²) in [6.07, 6.45) is 1.94. The molecule has 0 saturated heterocycles. The average molecular weight is 322 g/mol. The van der Waals surface area contributed by atoms with Gasteiger partial charge in [0.05, 0.1) is 6.10 Å². The Labute approximate surface area is 140 Å². The first-order chi connectivity index (χ1) is 11.7. The first-order valence-corrected chi connectivity index (χ1v) is 7.86. The second kappa shape index (κ2) is 7.08. The minimum Gasteiger partial charge on any atom is -0.491 e. The molecule has 0 radical (unpaired) electrons. The van der Waals surface area contributed by atoms with E-state index in [1.165, 1.54) is 0 Å². The maximum atomic E-state index is 10.7. The summed E-state index contributed by atoms with van der Waals surface area (Å²) < 4.78 is 11.1. The molecule has 0 bridgehead atoms. The number of ether oxygens (including phenoxy) is 1. The summed E-state index contributed by atoms with van der Waals surface area (Å²) in [6.45, 7) is 4.12. The van der Waals surface area contributed by atoms with Gasteiger partial charge in [0.15, 0.2) is 0 Å². The van der Waals surface area contributed by atoms with Gasteiger partial charge >= 0.3 is 0 Å². The molecule has 0 unspecified atom stereocenters. The van der Waals surface area contributed by atoms with E-state index in [0.717, 1.165) is 29.6 Å². The number of rotatable bonds is 6. The monoisotopic (exact) mass is 322 g/mol. The fraction of sp³-hybridized carbons (Fsp3) is 0.211. The van der Waals surface area contributed by atoms with Gasteiger partial charge in [-0.2, -0.15) is 4.98 Å². The van der Waals surface area contributed by atoms with Crippen molar-refractivity contribution in [1.82, 2.24) is 10.1 Å². The van der Waals surface area contributed by atoms with E-state index >= 15 is 0 Å². The molecule has 2 aromatic carbocycles. The molecule has 24 heavy (non-hydrogen) atoms. The second-order valence-electron chi connectivity index (χ2n) is 5.52. The highest BCUT2D eigenvalue weighted by atomic mass is 16.5. The Morgan fingerprint density at radius 2 is 1.75 bits per heavy atom. The fourth-order valence-corrected chi connectivity index (χ4v) is 2.16. The van der Waals surface area contributed by atoms with Crippen LogP contribution in [0.15, 0.2) is 53.1 Å². The minimum absolute atomic E-state index is 0.181. The molecule has 1 atom stereocenters. The van der Waals surface area contributed by atoms with Gasteiger partial charge < -0.3 is 9.26 Å². The predicted molar refractivity (Wildman–Crippen MR) is 90.9 cm³/mol. The number of hydrogen-bond donors (Lipinski definition) is 0. The van der Waals surface area contributed by atoms with E-state index in [9.17, 15) is 4.79 Å². The van der Waals surface area contributed by atoms with Gasteiger partial charge in [-0.25, -0.2) is 0 Å². The van der Waals surface area contributed by atoms with Gasteiger partial charge in [0.25, 0.3) is 5.89 Å². The standard InChI is InChI=1S/C19H18N2O3/c1-3-13(2)23-17-10-8-16(9-11-17)19-20-18(21-24-19)15-6-4-14(12-22)5-7-15/h4-13H,3H2,1-2H3/t13-/m0/s1. The number of nitrogens with zero attached hydrogens (tertiary/aromatic N) is 2. The topological polar surface area (TPSA) is 65.2 Å². The number of carbonyl (C=O) groups excluding carboxylic acids is 1. The summed E-state index contributed by atoms with van der Waals surface area (Å²) in [5.74, 6) is 1.75. The molecule has 3 aromatic rings. The van der Waals surface area contributed by atoms with E-state index in [4.69, 9.17) is 9.26 Å². The molecule has 1 aromatic heterocycles. The number of benzene rings is 2. The van der Waals surface area contributed by atoms with E-state index in [-0.39, 0.29) is 6.10 Å². The van der Waals surface area contributed by atoms with Crippen molar-refractivity contribution >= 4 is 6.29 Å². The number of hydrogen-bond acceptors (Lipinski definition) is 5. The highest BCUT2D eigenvalue weighted by Gasteiger charge is 2.11. The van der Waals surface area contributed by atoms with Crippen LogP contribution in [0.5, 0.6) is 5.75 Å². The highest BCUT2D eigenvalue weighted by molar-refractivity contribution is 5.76. The first kappa shape index (κ1) is 15.9. The molecule has 0 aliphatic rings. The molecular formula is C19H18N2O3. The zero-order valence-electron chi connectivity index (χ0n) is 13.6. The van der Waals surface area contributed by atoms with Crippen LogP contribution in [0, 0.1) is 0 Å². The van der Waals surface area contributed by atoms with Gasteiger partial charge in [-0.05, 0) is 37.6 Å². The fourth-order valence-electron chi connectivity index (χ4n) is 2.16. The van der Waals surface area contributed by atoms with Gasteiger partial charge in [0.1, 0.15) is 12.0 Å². The SMILES string of the molecule is CC[C@H](C)Oc1ccc(-c2nc(-c3ccc(C=O)cc3)no2)cc1. The number of aromatic nitrogens is 2. The molecule has 0 saturated carbocycles. The van der Waals surface area contributed by atoms with Crippen molar-refractivity contribution in [2.75, 3.05) is 0 Å². The Morgan fingerprint density at radius 3 is 2.38 bits per heavy atom. The van der Waals surface area contributed by atoms with Crippen LogP contribution in [-0.4, -0.2) is 22.5 Å². The first-order valence-electron chi connectivity index (χ1n) is 7.86. The largest absolute Gasteiger partial charge is 0.491 e. The van der Waals surface area contributed by atoms with Crippen molar-refractivity contribution in [3.63, 3.8) is 0 Å². The lowest BCUT2D eigenvalue weighted by Crippen LogP contribution is -2.09. The Balaban J connectivity index is 1.78. The van der Waals surface area contributed by atoms with E-state index in [0.29, 0.717) is 17.3 Å². The lowest BCUT2D eigenvalue weighted by Gasteiger charge is -2.12. The second-order valence-corrected chi connectivity index (χ2v) is 5.52. The van der Waals surface area contributed by atoms with Crippen molar-refractivity contribution in [2.24, 2.45) is 0 Å². The van der Waals surface area contributed by atoms with Crippen molar-refractivity contribution in [1.29, 1.82) is 0 Å². The lowest BCUT2D eigenvalue weighted by molar-refractivity contribution is 0.112. The predicted octanol–water partition coefficient (Wildman–Crippen LogP) is 4.39. The van der Waals surface area contributed by atoms with E-state index < -0.39 is 0 Å². The Hall–Kier alpha value is -2.95. The van der Waals surface area contributed by atoms with Crippen LogP contribution in [0.25, 0.3) is 22.8 Å². The molecule has 1 heterocycles. The van der Waals surface area contributed by atoms with Crippen molar-refractivity contribution in [3.05, 3.63) is 54.1 Å². The normalized spacial score (nSPS) is 11.9. The van der Waals surface area contributed by atoms with Crippen molar-refractivity contribution < 1.29 is 14.1 Å². The van der Waals surface area contributed by atoms with Crippen molar-refractivity contribution in [2.45, 2.75) is 26.4 Å². The Bertz CT molecular complexity index is 807. The summed E-state index contributed by atoms with van der Waals surface area (Å²) >= 11 is 0. The van der Waals surface area contributed by atoms with Crippen molar-refractivity contribution in [3.8, 4) is 28.6 Å². The summed E-state index contributed by atoms with van der Waals surface area (Å²) in [7, 11) is 0. The van der Waals surface area contributed by atoms with Gasteiger partial charge in [-0.3, -0.25) is 4.79 Å². The van der Waals surface area contributed by atoms with E-state index in [2.05, 4.69) is 17.1 Å². The molecular weight excluding hydrogens is 304 g/mol. The molecule has 0 spiro atoms. The zero-order valence-corrected chi connectivity index (χ0v) is 13.6. The molecule has 0 aliphatic heterocycles. The quantitative estimate of drug-likeness (QED) is 0.630. The summed E-state index contributed by atoms with van der Waals surface area (Å²) in [5.41, 5.74) is 2.24. The lowest BCUT2D eigenvalue weighted by atomic mass is 10.1. The highest BCUT2D eigenvalue weighted by Crippen LogP contribution is 2.24. The molecule has 5 nitrogen and oxygen atoms in total. The summed E-state index contributed by atoms with van der Waals surface area (Å²) in [6, 6.07) is 14.6. The van der Waals surface area contributed by atoms with Crippen LogP contribution in [0.1, 0.15) is 30.6 Å². The van der Waals surface area contributed by atoms with Gasteiger partial charge in [0.2, 0.25) is 5.82 Å². The summed E-state index contributed by atoms with van der Waals surface area (Å²) in [4.78, 5) is 15.1. The number of aldehydes is 1. The van der Waals surface area contributed by atoms with Gasteiger partial charge in [-0.1, -0.05) is 36.3 Å². The number of carbonyl (C=O) groups is 1. The molecule has 122 valence electrons. The van der Waals surface area contributed by atoms with Gasteiger partial charge in [-0.15, -0.1) is 0 Å². The van der Waals surface area contributed by atoms with Crippen LogP contribution in [-0.2, 0) is 0 Å². The maximum absolute atomic E-state index is 10.7. The smallest absolute Gasteiger partial charge is 0.258 e. The van der Waals surface area contributed by atoms with E-state index in [1.54, 1.807) is 24.3 Å². The molecule has 5 heteroatoms. The average Bonchev–Trinajstić information content (AvgIpc) is 3.12. The minimum atomic E-state index is 0.181. The van der Waals surface area contributed by atoms with Gasteiger partial charge in [0, 0.05) is 16.7 Å². The Morgan fingerprint density at radius 1 is 1.08 bits per heavy atom. The van der Waals surface area contributed by atoms with E-state index in [1.807, 2.05) is 31.2 Å². The van der Waals surface area contributed by atoms with Crippen LogP contribution >= 0.6 is 0 Å². The summed E-state index contributed by atoms with van der Waals surface area (Å²) in [5, 5.41) is 4.00. The molecule has 3 rings (SSSR count).